The molecule has 4 N–H and O–H groups in total. The number of nitrogens with zero attached hydrogens (tertiary/aromatic N) is 1. The van der Waals surface area contributed by atoms with Crippen molar-refractivity contribution in [3.63, 3.8) is 0 Å². The summed E-state index contributed by atoms with van der Waals surface area (Å²) in [5.74, 6) is -0.997. The SMILES string of the molecule is Cc1c(C(=O)O)c(C)n(C)c1-c1cccc(N)c1O. The van der Waals surface area contributed by atoms with Gasteiger partial charge in [-0.3, -0.25) is 0 Å². The minimum Gasteiger partial charge on any atom is -0.505 e. The van der Waals surface area contributed by atoms with Crippen molar-refractivity contribution in [1.29, 1.82) is 0 Å². The standard InChI is InChI=1S/C14H16N2O3/c1-7-11(14(18)19)8(2)16(3)12(7)9-5-4-6-10(15)13(9)17/h4-6,17H,15H2,1-3H3,(H,18,19). The topological polar surface area (TPSA) is 88.5 Å². The molecule has 1 aromatic heterocycles. The number of hydrogen-bond acceptors (Lipinski definition) is 3. The van der Waals surface area contributed by atoms with Gasteiger partial charge in [0.25, 0.3) is 0 Å². The number of phenols is 1. The van der Waals surface area contributed by atoms with Crippen LogP contribution in [0.15, 0.2) is 18.2 Å². The Labute approximate surface area is 110 Å². The van der Waals surface area contributed by atoms with Gasteiger partial charge >= 0.3 is 5.97 Å². The summed E-state index contributed by atoms with van der Waals surface area (Å²) in [6.07, 6.45) is 0. The first-order valence-corrected chi connectivity index (χ1v) is 5.83. The second kappa shape index (κ2) is 4.35. The number of carboxylic acids is 1. The molecule has 0 atom stereocenters. The summed E-state index contributed by atoms with van der Waals surface area (Å²) in [6, 6.07) is 5.05. The van der Waals surface area contributed by atoms with E-state index in [1.807, 2.05) is 0 Å². The van der Waals surface area contributed by atoms with Crippen LogP contribution in [0.4, 0.5) is 5.69 Å². The molecule has 100 valence electrons. The third-order valence-electron chi connectivity index (χ3n) is 3.47. The summed E-state index contributed by atoms with van der Waals surface area (Å²) in [7, 11) is 1.77. The molecule has 0 aliphatic rings. The maximum atomic E-state index is 11.3. The molecule has 0 aliphatic carbocycles. The van der Waals surface area contributed by atoms with E-state index in [9.17, 15) is 15.0 Å². The van der Waals surface area contributed by atoms with Gasteiger partial charge < -0.3 is 20.5 Å². The smallest absolute Gasteiger partial charge is 0.337 e. The van der Waals surface area contributed by atoms with Gasteiger partial charge in [0.05, 0.1) is 16.9 Å². The van der Waals surface area contributed by atoms with E-state index in [4.69, 9.17) is 5.73 Å². The fraction of sp³-hybridized carbons (Fsp3) is 0.214. The summed E-state index contributed by atoms with van der Waals surface area (Å²) in [5.41, 5.74) is 8.68. The minimum atomic E-state index is -0.972. The highest BCUT2D eigenvalue weighted by molar-refractivity contribution is 5.94. The maximum Gasteiger partial charge on any atom is 0.337 e. The molecule has 2 aromatic rings. The number of nitrogen functional groups attached to an aromatic ring is 1. The van der Waals surface area contributed by atoms with Gasteiger partial charge in [-0.25, -0.2) is 4.79 Å². The highest BCUT2D eigenvalue weighted by Gasteiger charge is 2.23. The van der Waals surface area contributed by atoms with Crippen molar-refractivity contribution in [1.82, 2.24) is 4.57 Å². The van der Waals surface area contributed by atoms with Crippen LogP contribution < -0.4 is 5.73 Å². The van der Waals surface area contributed by atoms with Crippen molar-refractivity contribution >= 4 is 11.7 Å². The zero-order chi connectivity index (χ0) is 14.3. The van der Waals surface area contributed by atoms with Gasteiger partial charge in [0.15, 0.2) is 0 Å². The number of anilines is 1. The van der Waals surface area contributed by atoms with Crippen molar-refractivity contribution in [2.45, 2.75) is 13.8 Å². The molecule has 2 rings (SSSR count). The summed E-state index contributed by atoms with van der Waals surface area (Å²) in [6.45, 7) is 3.47. The van der Waals surface area contributed by atoms with E-state index >= 15 is 0 Å². The molecule has 0 radical (unpaired) electrons. The average Bonchev–Trinajstić information content (AvgIpc) is 2.55. The molecule has 0 bridgehead atoms. The second-order valence-electron chi connectivity index (χ2n) is 4.54. The van der Waals surface area contributed by atoms with E-state index in [-0.39, 0.29) is 17.0 Å². The van der Waals surface area contributed by atoms with Crippen molar-refractivity contribution in [3.05, 3.63) is 35.0 Å². The van der Waals surface area contributed by atoms with Gasteiger partial charge in [-0.05, 0) is 31.5 Å². The Bertz CT molecular complexity index is 672. The number of nitrogens with two attached hydrogens (primary N) is 1. The summed E-state index contributed by atoms with van der Waals surface area (Å²) in [5, 5.41) is 19.3. The second-order valence-corrected chi connectivity index (χ2v) is 4.54. The van der Waals surface area contributed by atoms with Gasteiger partial charge in [-0.15, -0.1) is 0 Å². The fourth-order valence-corrected chi connectivity index (χ4v) is 2.43. The Morgan fingerprint density at radius 3 is 2.47 bits per heavy atom. The van der Waals surface area contributed by atoms with Gasteiger partial charge in [-0.2, -0.15) is 0 Å². The molecule has 5 heteroatoms. The number of hydrogen-bond donors (Lipinski definition) is 3. The molecule has 0 spiro atoms. The van der Waals surface area contributed by atoms with E-state index in [2.05, 4.69) is 0 Å². The van der Waals surface area contributed by atoms with Crippen LogP contribution in [0.2, 0.25) is 0 Å². The predicted octanol–water partition coefficient (Wildman–Crippen LogP) is 2.29. The average molecular weight is 260 g/mol. The quantitative estimate of drug-likeness (QED) is 0.571. The highest BCUT2D eigenvalue weighted by atomic mass is 16.4. The van der Waals surface area contributed by atoms with Crippen LogP contribution in [-0.2, 0) is 7.05 Å². The Balaban J connectivity index is 2.81. The van der Waals surface area contributed by atoms with Crippen molar-refractivity contribution in [2.75, 3.05) is 5.73 Å². The lowest BCUT2D eigenvalue weighted by atomic mass is 10.0. The monoisotopic (exact) mass is 260 g/mol. The van der Waals surface area contributed by atoms with Crippen LogP contribution >= 0.6 is 0 Å². The lowest BCUT2D eigenvalue weighted by molar-refractivity contribution is 0.0695. The molecule has 0 unspecified atom stereocenters. The van der Waals surface area contributed by atoms with E-state index < -0.39 is 5.97 Å². The number of aromatic nitrogens is 1. The first kappa shape index (κ1) is 13.0. The molecule has 0 saturated carbocycles. The van der Waals surface area contributed by atoms with Gasteiger partial charge in [0.1, 0.15) is 5.75 Å². The molecule has 0 saturated heterocycles. The third-order valence-corrected chi connectivity index (χ3v) is 3.47. The van der Waals surface area contributed by atoms with Crippen molar-refractivity contribution < 1.29 is 15.0 Å². The number of aromatic hydroxyl groups is 1. The molecule has 0 aliphatic heterocycles. The molecule has 1 heterocycles. The van der Waals surface area contributed by atoms with Crippen LogP contribution in [0.1, 0.15) is 21.6 Å². The lowest BCUT2D eigenvalue weighted by Gasteiger charge is -2.10. The number of carbonyl (C=O) groups is 1. The maximum absolute atomic E-state index is 11.3. The normalized spacial score (nSPS) is 10.7. The van der Waals surface area contributed by atoms with Crippen LogP contribution in [-0.4, -0.2) is 20.7 Å². The number of rotatable bonds is 2. The molecular weight excluding hydrogens is 244 g/mol. The number of carboxylic acid groups (broad SMARTS) is 1. The van der Waals surface area contributed by atoms with Crippen LogP contribution in [0.5, 0.6) is 5.75 Å². The van der Waals surface area contributed by atoms with E-state index in [1.165, 1.54) is 0 Å². The van der Waals surface area contributed by atoms with E-state index in [1.54, 1.807) is 43.7 Å². The summed E-state index contributed by atoms with van der Waals surface area (Å²) in [4.78, 5) is 11.3. The zero-order valence-corrected chi connectivity index (χ0v) is 11.1. The molecule has 1 aromatic carbocycles. The van der Waals surface area contributed by atoms with Crippen molar-refractivity contribution in [2.24, 2.45) is 7.05 Å². The molecule has 5 nitrogen and oxygen atoms in total. The number of aromatic carboxylic acids is 1. The summed E-state index contributed by atoms with van der Waals surface area (Å²) >= 11 is 0. The molecule has 0 fully saturated rings. The first-order valence-electron chi connectivity index (χ1n) is 5.83. The molecular formula is C14H16N2O3. The lowest BCUT2D eigenvalue weighted by Crippen LogP contribution is -2.00. The number of para-hydroxylation sites is 1. The van der Waals surface area contributed by atoms with Gasteiger partial charge in [0, 0.05) is 18.3 Å². The van der Waals surface area contributed by atoms with Gasteiger partial charge in [-0.1, -0.05) is 6.07 Å². The molecule has 0 amide bonds. The summed E-state index contributed by atoms with van der Waals surface area (Å²) < 4.78 is 1.76. The molecule has 19 heavy (non-hydrogen) atoms. The highest BCUT2D eigenvalue weighted by Crippen LogP contribution is 2.38. The largest absolute Gasteiger partial charge is 0.505 e. The zero-order valence-electron chi connectivity index (χ0n) is 11.1. The minimum absolute atomic E-state index is 0.0249. The van der Waals surface area contributed by atoms with E-state index in [0.717, 1.165) is 0 Å². The fourth-order valence-electron chi connectivity index (χ4n) is 2.43. The van der Waals surface area contributed by atoms with Gasteiger partial charge in [0.2, 0.25) is 0 Å². The number of phenolic OH excluding ortho intramolecular Hbond substituents is 1. The Morgan fingerprint density at radius 1 is 1.32 bits per heavy atom. The Morgan fingerprint density at radius 2 is 1.95 bits per heavy atom. The predicted molar refractivity (Wildman–Crippen MR) is 73.4 cm³/mol. The first-order chi connectivity index (χ1) is 8.86. The Kier molecular flexibility index (Phi) is 2.98. The van der Waals surface area contributed by atoms with Crippen molar-refractivity contribution in [3.8, 4) is 17.0 Å². The third kappa shape index (κ3) is 1.83. The van der Waals surface area contributed by atoms with Crippen LogP contribution in [0, 0.1) is 13.8 Å². The number of benzene rings is 1. The van der Waals surface area contributed by atoms with Crippen LogP contribution in [0.25, 0.3) is 11.3 Å². The van der Waals surface area contributed by atoms with Crippen LogP contribution in [0.3, 0.4) is 0 Å². The Hall–Kier alpha value is -2.43. The van der Waals surface area contributed by atoms with E-state index in [0.29, 0.717) is 22.5 Å².